The fourth-order valence-corrected chi connectivity index (χ4v) is 3.29. The summed E-state index contributed by atoms with van der Waals surface area (Å²) in [6, 6.07) is 3.74. The Hall–Kier alpha value is -0.460. The highest BCUT2D eigenvalue weighted by atomic mass is 79.9. The normalized spacial score (nSPS) is 13.9. The van der Waals surface area contributed by atoms with Gasteiger partial charge in [0.25, 0.3) is 0 Å². The molecule has 0 saturated carbocycles. The van der Waals surface area contributed by atoms with Gasteiger partial charge in [-0.05, 0) is 47.5 Å². The highest BCUT2D eigenvalue weighted by Gasteiger charge is 2.25. The van der Waals surface area contributed by atoms with E-state index in [-0.39, 0.29) is 15.4 Å². The van der Waals surface area contributed by atoms with E-state index >= 15 is 0 Å². The molecule has 6 heteroatoms. The zero-order valence-corrected chi connectivity index (χ0v) is 13.1. The summed E-state index contributed by atoms with van der Waals surface area (Å²) >= 11 is 3.00. The van der Waals surface area contributed by atoms with Gasteiger partial charge in [-0.1, -0.05) is 13.3 Å². The van der Waals surface area contributed by atoms with Crippen LogP contribution < -0.4 is 0 Å². The molecule has 0 aliphatic carbocycles. The van der Waals surface area contributed by atoms with E-state index in [0.29, 0.717) is 0 Å². The molecule has 0 bridgehead atoms. The van der Waals surface area contributed by atoms with Crippen molar-refractivity contribution < 1.29 is 12.8 Å². The molecule has 0 aliphatic heterocycles. The Kier molecular flexibility index (Phi) is 5.31. The lowest BCUT2D eigenvalue weighted by Gasteiger charge is -2.24. The molecule has 1 aromatic carbocycles. The fourth-order valence-electron chi connectivity index (χ4n) is 1.64. The van der Waals surface area contributed by atoms with Crippen molar-refractivity contribution in [2.75, 3.05) is 7.05 Å². The van der Waals surface area contributed by atoms with E-state index in [2.05, 4.69) is 15.9 Å². The van der Waals surface area contributed by atoms with Crippen LogP contribution in [0.1, 0.15) is 26.7 Å². The van der Waals surface area contributed by atoms with Gasteiger partial charge in [0.05, 0.1) is 9.37 Å². The molecule has 1 rings (SSSR count). The second kappa shape index (κ2) is 6.12. The van der Waals surface area contributed by atoms with Crippen LogP contribution in [0.2, 0.25) is 0 Å². The maximum atomic E-state index is 13.4. The van der Waals surface area contributed by atoms with Gasteiger partial charge in [-0.15, -0.1) is 0 Å². The van der Waals surface area contributed by atoms with Crippen molar-refractivity contribution >= 4 is 26.0 Å². The molecule has 1 atom stereocenters. The zero-order chi connectivity index (χ0) is 13.9. The van der Waals surface area contributed by atoms with Gasteiger partial charge >= 0.3 is 0 Å². The molecule has 102 valence electrons. The van der Waals surface area contributed by atoms with Crippen molar-refractivity contribution in [3.05, 3.63) is 28.5 Å². The van der Waals surface area contributed by atoms with Gasteiger partial charge in [0.15, 0.2) is 0 Å². The van der Waals surface area contributed by atoms with E-state index in [4.69, 9.17) is 0 Å². The molecule has 0 saturated heterocycles. The van der Waals surface area contributed by atoms with Gasteiger partial charge in [0, 0.05) is 13.1 Å². The zero-order valence-electron chi connectivity index (χ0n) is 10.7. The first-order chi connectivity index (χ1) is 8.30. The first-order valence-corrected chi connectivity index (χ1v) is 7.97. The molecule has 1 aromatic rings. The van der Waals surface area contributed by atoms with Gasteiger partial charge in [-0.2, -0.15) is 4.31 Å². The highest BCUT2D eigenvalue weighted by Crippen LogP contribution is 2.23. The Morgan fingerprint density at radius 1 is 1.44 bits per heavy atom. The Bertz CT molecular complexity index is 519. The summed E-state index contributed by atoms with van der Waals surface area (Å²) < 4.78 is 39.5. The molecule has 0 aliphatic rings. The molecule has 0 N–H and O–H groups in total. The lowest BCUT2D eigenvalue weighted by atomic mass is 10.2. The molecule has 3 nitrogen and oxygen atoms in total. The number of nitrogens with zero attached hydrogens (tertiary/aromatic N) is 1. The van der Waals surface area contributed by atoms with Crippen LogP contribution in [0, 0.1) is 5.82 Å². The summed E-state index contributed by atoms with van der Waals surface area (Å²) in [7, 11) is -2.10. The average Bonchev–Trinajstić information content (AvgIpc) is 2.31. The van der Waals surface area contributed by atoms with Crippen LogP contribution in [-0.4, -0.2) is 25.8 Å². The van der Waals surface area contributed by atoms with Crippen molar-refractivity contribution in [2.24, 2.45) is 0 Å². The van der Waals surface area contributed by atoms with Crippen LogP contribution in [0.15, 0.2) is 27.6 Å². The van der Waals surface area contributed by atoms with Crippen molar-refractivity contribution in [1.29, 1.82) is 0 Å². The topological polar surface area (TPSA) is 37.4 Å². The van der Waals surface area contributed by atoms with E-state index in [1.807, 2.05) is 13.8 Å². The summed E-state index contributed by atoms with van der Waals surface area (Å²) in [6.45, 7) is 3.84. The van der Waals surface area contributed by atoms with Crippen LogP contribution in [-0.2, 0) is 10.0 Å². The molecule has 0 fully saturated rings. The van der Waals surface area contributed by atoms with Crippen molar-refractivity contribution in [1.82, 2.24) is 4.31 Å². The van der Waals surface area contributed by atoms with E-state index in [0.717, 1.165) is 18.9 Å². The Labute approximate surface area is 116 Å². The van der Waals surface area contributed by atoms with Crippen molar-refractivity contribution in [3.8, 4) is 0 Å². The largest absolute Gasteiger partial charge is 0.243 e. The molecular formula is C12H17BrFNO2S. The quantitative estimate of drug-likeness (QED) is 0.825. The number of rotatable bonds is 5. The minimum atomic E-state index is -3.63. The van der Waals surface area contributed by atoms with Crippen LogP contribution in [0.25, 0.3) is 0 Å². The summed E-state index contributed by atoms with van der Waals surface area (Å²) in [5.74, 6) is -0.576. The number of hydrogen-bond donors (Lipinski definition) is 0. The van der Waals surface area contributed by atoms with E-state index in [9.17, 15) is 12.8 Å². The van der Waals surface area contributed by atoms with Gasteiger partial charge in [0.2, 0.25) is 10.0 Å². The average molecular weight is 338 g/mol. The summed E-state index contributed by atoms with van der Waals surface area (Å²) in [4.78, 5) is -0.0198. The van der Waals surface area contributed by atoms with Crippen molar-refractivity contribution in [3.63, 3.8) is 0 Å². The standard InChI is InChI=1S/C12H17BrFNO2S/c1-4-5-9(2)15(3)18(16,17)10-6-7-11(13)12(14)8-10/h6-9H,4-5H2,1-3H3. The molecule has 1 unspecified atom stereocenters. The lowest BCUT2D eigenvalue weighted by Crippen LogP contribution is -2.35. The van der Waals surface area contributed by atoms with Crippen molar-refractivity contribution in [2.45, 2.75) is 37.6 Å². The third kappa shape index (κ3) is 3.30. The van der Waals surface area contributed by atoms with Gasteiger partial charge < -0.3 is 0 Å². The van der Waals surface area contributed by atoms with E-state index < -0.39 is 15.8 Å². The molecule has 0 heterocycles. The van der Waals surface area contributed by atoms with E-state index in [1.165, 1.54) is 23.5 Å². The Balaban J connectivity index is 3.09. The molecule has 0 aromatic heterocycles. The maximum absolute atomic E-state index is 13.4. The van der Waals surface area contributed by atoms with Gasteiger partial charge in [0.1, 0.15) is 5.82 Å². The second-order valence-corrected chi connectivity index (χ2v) is 7.09. The lowest BCUT2D eigenvalue weighted by molar-refractivity contribution is 0.368. The minimum Gasteiger partial charge on any atom is -0.207 e. The monoisotopic (exact) mass is 337 g/mol. The first-order valence-electron chi connectivity index (χ1n) is 5.73. The molecule has 0 radical (unpaired) electrons. The van der Waals surface area contributed by atoms with Crippen LogP contribution >= 0.6 is 15.9 Å². The van der Waals surface area contributed by atoms with Crippen LogP contribution in [0.5, 0.6) is 0 Å². The minimum absolute atomic E-state index is 0.0198. The maximum Gasteiger partial charge on any atom is 0.243 e. The van der Waals surface area contributed by atoms with Crippen LogP contribution in [0.3, 0.4) is 0 Å². The smallest absolute Gasteiger partial charge is 0.207 e. The SMILES string of the molecule is CCCC(C)N(C)S(=O)(=O)c1ccc(Br)c(F)c1. The molecular weight excluding hydrogens is 321 g/mol. The first kappa shape index (κ1) is 15.6. The van der Waals surface area contributed by atoms with Gasteiger partial charge in [-0.25, -0.2) is 12.8 Å². The molecule has 0 spiro atoms. The summed E-state index contributed by atoms with van der Waals surface area (Å²) in [5.41, 5.74) is 0. The Morgan fingerprint density at radius 2 is 2.06 bits per heavy atom. The number of benzene rings is 1. The summed E-state index contributed by atoms with van der Waals surface area (Å²) in [5, 5.41) is 0. The molecule has 18 heavy (non-hydrogen) atoms. The fraction of sp³-hybridized carbons (Fsp3) is 0.500. The number of hydrogen-bond acceptors (Lipinski definition) is 2. The second-order valence-electron chi connectivity index (χ2n) is 4.23. The summed E-state index contributed by atoms with van der Waals surface area (Å²) in [6.07, 6.45) is 1.67. The Morgan fingerprint density at radius 3 is 2.56 bits per heavy atom. The molecule has 0 amide bonds. The van der Waals surface area contributed by atoms with Gasteiger partial charge in [-0.3, -0.25) is 0 Å². The highest BCUT2D eigenvalue weighted by molar-refractivity contribution is 9.10. The van der Waals surface area contributed by atoms with E-state index in [1.54, 1.807) is 0 Å². The van der Waals surface area contributed by atoms with Crippen LogP contribution in [0.4, 0.5) is 4.39 Å². The predicted octanol–water partition coefficient (Wildman–Crippen LogP) is 3.40. The predicted molar refractivity (Wildman–Crippen MR) is 73.4 cm³/mol. The number of sulfonamides is 1. The number of halogens is 2. The third-order valence-corrected chi connectivity index (χ3v) is 5.51. The third-order valence-electron chi connectivity index (χ3n) is 2.90.